The van der Waals surface area contributed by atoms with Gasteiger partial charge in [0, 0.05) is 13.1 Å². The molecule has 1 heterocycles. The van der Waals surface area contributed by atoms with Crippen molar-refractivity contribution in [2.75, 3.05) is 13.1 Å². The van der Waals surface area contributed by atoms with E-state index in [1.165, 1.54) is 25.7 Å². The standard InChI is InChI=1S/C16H21NO/c18-16(10-13-6-2-1-3-7-13)17-11-14-8-4-5-9-15(14)12-17/h1-3,6-7,14-15H,4-5,8-12H2. The molecule has 96 valence electrons. The van der Waals surface area contributed by atoms with Crippen LogP contribution in [0.1, 0.15) is 31.2 Å². The van der Waals surface area contributed by atoms with Crippen molar-refractivity contribution in [1.82, 2.24) is 4.90 Å². The first-order valence-electron chi connectivity index (χ1n) is 7.14. The maximum Gasteiger partial charge on any atom is 0.227 e. The smallest absolute Gasteiger partial charge is 0.227 e. The summed E-state index contributed by atoms with van der Waals surface area (Å²) >= 11 is 0. The van der Waals surface area contributed by atoms with Crippen LogP contribution in [0.25, 0.3) is 0 Å². The van der Waals surface area contributed by atoms with Gasteiger partial charge in [0.15, 0.2) is 0 Å². The van der Waals surface area contributed by atoms with Crippen LogP contribution in [-0.4, -0.2) is 23.9 Å². The maximum atomic E-state index is 12.3. The van der Waals surface area contributed by atoms with E-state index in [0.29, 0.717) is 12.3 Å². The lowest BCUT2D eigenvalue weighted by molar-refractivity contribution is -0.129. The Kier molecular flexibility index (Phi) is 3.35. The maximum absolute atomic E-state index is 12.3. The highest BCUT2D eigenvalue weighted by Gasteiger charge is 2.36. The molecule has 1 aromatic rings. The van der Waals surface area contributed by atoms with E-state index in [4.69, 9.17) is 0 Å². The molecule has 1 aromatic carbocycles. The van der Waals surface area contributed by atoms with Gasteiger partial charge in [-0.1, -0.05) is 43.2 Å². The second-order valence-corrected chi connectivity index (χ2v) is 5.77. The number of hydrogen-bond acceptors (Lipinski definition) is 1. The van der Waals surface area contributed by atoms with Gasteiger partial charge >= 0.3 is 0 Å². The molecule has 2 fully saturated rings. The van der Waals surface area contributed by atoms with Crippen molar-refractivity contribution in [1.29, 1.82) is 0 Å². The third-order valence-corrected chi connectivity index (χ3v) is 4.53. The zero-order valence-corrected chi connectivity index (χ0v) is 10.8. The Hall–Kier alpha value is -1.31. The first-order valence-corrected chi connectivity index (χ1v) is 7.14. The molecule has 2 nitrogen and oxygen atoms in total. The van der Waals surface area contributed by atoms with Crippen molar-refractivity contribution in [3.05, 3.63) is 35.9 Å². The Bertz CT molecular complexity index is 400. The number of benzene rings is 1. The van der Waals surface area contributed by atoms with Crippen molar-refractivity contribution in [2.45, 2.75) is 32.1 Å². The number of rotatable bonds is 2. The zero-order chi connectivity index (χ0) is 12.4. The quantitative estimate of drug-likeness (QED) is 0.782. The van der Waals surface area contributed by atoms with E-state index in [-0.39, 0.29) is 0 Å². The van der Waals surface area contributed by atoms with E-state index >= 15 is 0 Å². The molecule has 0 bridgehead atoms. The fourth-order valence-corrected chi connectivity index (χ4v) is 3.49. The molecular formula is C16H21NO. The summed E-state index contributed by atoms with van der Waals surface area (Å²) in [6.07, 6.45) is 5.96. The predicted octanol–water partition coefficient (Wildman–Crippen LogP) is 2.88. The van der Waals surface area contributed by atoms with Gasteiger partial charge in [-0.25, -0.2) is 0 Å². The molecule has 1 aliphatic heterocycles. The topological polar surface area (TPSA) is 20.3 Å². The third kappa shape index (κ3) is 2.43. The van der Waals surface area contributed by atoms with E-state index in [9.17, 15) is 4.79 Å². The minimum absolute atomic E-state index is 0.315. The van der Waals surface area contributed by atoms with Crippen LogP contribution < -0.4 is 0 Å². The molecule has 1 aliphatic carbocycles. The van der Waals surface area contributed by atoms with Gasteiger partial charge in [-0.3, -0.25) is 4.79 Å². The summed E-state index contributed by atoms with van der Waals surface area (Å²) in [4.78, 5) is 14.4. The lowest BCUT2D eigenvalue weighted by atomic mass is 9.82. The molecule has 0 spiro atoms. The van der Waals surface area contributed by atoms with E-state index in [1.54, 1.807) is 0 Å². The van der Waals surface area contributed by atoms with Crippen LogP contribution in [0.3, 0.4) is 0 Å². The number of likely N-dealkylation sites (tertiary alicyclic amines) is 1. The molecule has 0 aromatic heterocycles. The van der Waals surface area contributed by atoms with Crippen molar-refractivity contribution in [2.24, 2.45) is 11.8 Å². The van der Waals surface area contributed by atoms with Gasteiger partial charge < -0.3 is 4.90 Å². The fourth-order valence-electron chi connectivity index (χ4n) is 3.49. The number of carbonyl (C=O) groups excluding carboxylic acids is 1. The molecule has 1 saturated heterocycles. The first kappa shape index (κ1) is 11.8. The molecule has 0 N–H and O–H groups in total. The molecule has 3 rings (SSSR count). The molecule has 0 radical (unpaired) electrons. The van der Waals surface area contributed by atoms with E-state index < -0.39 is 0 Å². The number of fused-ring (bicyclic) bond motifs is 1. The highest BCUT2D eigenvalue weighted by atomic mass is 16.2. The van der Waals surface area contributed by atoms with Gasteiger partial charge in [0.2, 0.25) is 5.91 Å². The average Bonchev–Trinajstić information content (AvgIpc) is 2.84. The summed E-state index contributed by atoms with van der Waals surface area (Å²) in [5.74, 6) is 1.90. The first-order chi connectivity index (χ1) is 8.83. The van der Waals surface area contributed by atoms with Crippen LogP contribution in [0.2, 0.25) is 0 Å². The minimum atomic E-state index is 0.315. The van der Waals surface area contributed by atoms with Crippen LogP contribution in [0.4, 0.5) is 0 Å². The zero-order valence-electron chi connectivity index (χ0n) is 10.8. The summed E-state index contributed by atoms with van der Waals surface area (Å²) in [5, 5.41) is 0. The highest BCUT2D eigenvalue weighted by molar-refractivity contribution is 5.79. The fraction of sp³-hybridized carbons (Fsp3) is 0.562. The molecule has 2 heteroatoms. The number of hydrogen-bond donors (Lipinski definition) is 0. The average molecular weight is 243 g/mol. The lowest BCUT2D eigenvalue weighted by Crippen LogP contribution is -2.30. The van der Waals surface area contributed by atoms with Crippen molar-refractivity contribution < 1.29 is 4.79 Å². The molecule has 2 unspecified atom stereocenters. The van der Waals surface area contributed by atoms with Crippen LogP contribution in [0.15, 0.2) is 30.3 Å². The Labute approximate surface area is 109 Å². The molecule has 18 heavy (non-hydrogen) atoms. The van der Waals surface area contributed by atoms with Crippen LogP contribution in [0, 0.1) is 11.8 Å². The monoisotopic (exact) mass is 243 g/mol. The second kappa shape index (κ2) is 5.13. The molecule has 2 atom stereocenters. The van der Waals surface area contributed by atoms with E-state index in [2.05, 4.69) is 4.90 Å². The Morgan fingerprint density at radius 1 is 1.06 bits per heavy atom. The SMILES string of the molecule is O=C(Cc1ccccc1)N1CC2CCCCC2C1. The number of amides is 1. The Morgan fingerprint density at radius 3 is 2.28 bits per heavy atom. The van der Waals surface area contributed by atoms with Crippen molar-refractivity contribution in [3.63, 3.8) is 0 Å². The van der Waals surface area contributed by atoms with Gasteiger partial charge in [-0.05, 0) is 30.2 Å². The van der Waals surface area contributed by atoms with Gasteiger partial charge in [0.1, 0.15) is 0 Å². The summed E-state index contributed by atoms with van der Waals surface area (Å²) in [6.45, 7) is 2.02. The number of carbonyl (C=O) groups is 1. The van der Waals surface area contributed by atoms with Crippen LogP contribution >= 0.6 is 0 Å². The summed E-state index contributed by atoms with van der Waals surface area (Å²) in [5.41, 5.74) is 1.14. The normalized spacial score (nSPS) is 27.0. The predicted molar refractivity (Wildman–Crippen MR) is 72.2 cm³/mol. The summed E-state index contributed by atoms with van der Waals surface area (Å²) < 4.78 is 0. The molecular weight excluding hydrogens is 222 g/mol. The van der Waals surface area contributed by atoms with Crippen molar-refractivity contribution in [3.8, 4) is 0 Å². The van der Waals surface area contributed by atoms with Gasteiger partial charge in [-0.15, -0.1) is 0 Å². The van der Waals surface area contributed by atoms with Crippen molar-refractivity contribution >= 4 is 5.91 Å². The van der Waals surface area contributed by atoms with Gasteiger partial charge in [-0.2, -0.15) is 0 Å². The second-order valence-electron chi connectivity index (χ2n) is 5.77. The Morgan fingerprint density at radius 2 is 1.67 bits per heavy atom. The largest absolute Gasteiger partial charge is 0.342 e. The van der Waals surface area contributed by atoms with Crippen LogP contribution in [-0.2, 0) is 11.2 Å². The minimum Gasteiger partial charge on any atom is -0.342 e. The summed E-state index contributed by atoms with van der Waals surface area (Å²) in [7, 11) is 0. The van der Waals surface area contributed by atoms with E-state index in [0.717, 1.165) is 30.5 Å². The van der Waals surface area contributed by atoms with Gasteiger partial charge in [0.05, 0.1) is 6.42 Å². The van der Waals surface area contributed by atoms with Gasteiger partial charge in [0.25, 0.3) is 0 Å². The molecule has 1 saturated carbocycles. The van der Waals surface area contributed by atoms with Crippen LogP contribution in [0.5, 0.6) is 0 Å². The molecule has 1 amide bonds. The highest BCUT2D eigenvalue weighted by Crippen LogP contribution is 2.36. The lowest BCUT2D eigenvalue weighted by Gasteiger charge is -2.22. The van der Waals surface area contributed by atoms with E-state index in [1.807, 2.05) is 30.3 Å². The third-order valence-electron chi connectivity index (χ3n) is 4.53. The number of nitrogens with zero attached hydrogens (tertiary/aromatic N) is 1. The summed E-state index contributed by atoms with van der Waals surface area (Å²) in [6, 6.07) is 10.1. The molecule has 2 aliphatic rings. The Balaban J connectivity index is 1.60.